The Morgan fingerprint density at radius 1 is 1.45 bits per heavy atom. The molecule has 0 bridgehead atoms. The van der Waals surface area contributed by atoms with Gasteiger partial charge in [-0.1, -0.05) is 6.92 Å². The second-order valence-corrected chi connectivity index (χ2v) is 5.61. The van der Waals surface area contributed by atoms with Crippen LogP contribution in [0.15, 0.2) is 12.3 Å². The largest absolute Gasteiger partial charge is 0.444 e. The van der Waals surface area contributed by atoms with Crippen molar-refractivity contribution in [3.05, 3.63) is 18.0 Å². The zero-order valence-electron chi connectivity index (χ0n) is 12.5. The Kier molecular flexibility index (Phi) is 3.65. The molecule has 2 aromatic rings. The number of ether oxygens (including phenoxy) is 1. The highest BCUT2D eigenvalue weighted by Gasteiger charge is 2.19. The van der Waals surface area contributed by atoms with Gasteiger partial charge >= 0.3 is 6.09 Å². The first kappa shape index (κ1) is 14.3. The average Bonchev–Trinajstić information content (AvgIpc) is 2.65. The quantitative estimate of drug-likeness (QED) is 0.915. The Hall–Kier alpha value is -2.11. The van der Waals surface area contributed by atoms with Crippen LogP contribution in [-0.2, 0) is 18.2 Å². The van der Waals surface area contributed by atoms with E-state index in [1.54, 1.807) is 16.9 Å². The minimum Gasteiger partial charge on any atom is -0.444 e. The summed E-state index contributed by atoms with van der Waals surface area (Å²) in [4.78, 5) is 16.2. The fraction of sp³-hybridized carbons (Fsp3) is 0.500. The second-order valence-electron chi connectivity index (χ2n) is 5.61. The molecule has 0 aromatic carbocycles. The van der Waals surface area contributed by atoms with Crippen molar-refractivity contribution in [2.75, 3.05) is 5.32 Å². The van der Waals surface area contributed by atoms with Crippen molar-refractivity contribution < 1.29 is 9.53 Å². The van der Waals surface area contributed by atoms with Crippen molar-refractivity contribution in [1.29, 1.82) is 0 Å². The molecule has 20 heavy (non-hydrogen) atoms. The number of anilines is 1. The molecule has 0 aliphatic rings. The van der Waals surface area contributed by atoms with Crippen LogP contribution in [0.25, 0.3) is 11.0 Å². The molecule has 6 heteroatoms. The third kappa shape index (κ3) is 2.89. The van der Waals surface area contributed by atoms with Gasteiger partial charge in [0.05, 0.1) is 16.8 Å². The summed E-state index contributed by atoms with van der Waals surface area (Å²) in [5.74, 6) is 0. The average molecular weight is 276 g/mol. The number of carbonyl (C=O) groups is 1. The van der Waals surface area contributed by atoms with Crippen LogP contribution in [0.5, 0.6) is 0 Å². The summed E-state index contributed by atoms with van der Waals surface area (Å²) in [5.41, 5.74) is 1.80. The number of rotatable bonds is 2. The lowest BCUT2D eigenvalue weighted by molar-refractivity contribution is 0.0636. The minimum atomic E-state index is -0.529. The standard InChI is InChI=1S/C14H20N4O2/c1-6-9-11-10(16-13(19)20-14(2,3)4)7-8-15-12(11)18(5)17-9/h7-8H,6H2,1-5H3,(H,15,16,19). The number of carbonyl (C=O) groups excluding carboxylic acids is 1. The third-order valence-corrected chi connectivity index (χ3v) is 2.77. The van der Waals surface area contributed by atoms with Gasteiger partial charge < -0.3 is 4.74 Å². The van der Waals surface area contributed by atoms with Crippen LogP contribution >= 0.6 is 0 Å². The molecule has 0 saturated carbocycles. The molecule has 6 nitrogen and oxygen atoms in total. The van der Waals surface area contributed by atoms with Gasteiger partial charge in [-0.25, -0.2) is 9.78 Å². The summed E-state index contributed by atoms with van der Waals surface area (Å²) in [7, 11) is 1.84. The number of nitrogens with zero attached hydrogens (tertiary/aromatic N) is 3. The minimum absolute atomic E-state index is 0.476. The second kappa shape index (κ2) is 5.11. The molecule has 2 rings (SSSR count). The molecule has 0 atom stereocenters. The number of amides is 1. The van der Waals surface area contributed by atoms with E-state index >= 15 is 0 Å². The summed E-state index contributed by atoms with van der Waals surface area (Å²) in [6.07, 6.45) is 1.94. The van der Waals surface area contributed by atoms with Crippen LogP contribution in [0.4, 0.5) is 10.5 Å². The maximum absolute atomic E-state index is 11.9. The third-order valence-electron chi connectivity index (χ3n) is 2.77. The summed E-state index contributed by atoms with van der Waals surface area (Å²) in [5, 5.41) is 8.05. The Labute approximate surface area is 118 Å². The molecule has 0 fully saturated rings. The highest BCUT2D eigenvalue weighted by Crippen LogP contribution is 2.25. The molecule has 0 aliphatic carbocycles. The molecular formula is C14H20N4O2. The highest BCUT2D eigenvalue weighted by atomic mass is 16.6. The maximum Gasteiger partial charge on any atom is 0.412 e. The topological polar surface area (TPSA) is 69.0 Å². The molecule has 1 N–H and O–H groups in total. The van der Waals surface area contributed by atoms with Gasteiger partial charge in [0.15, 0.2) is 5.65 Å². The predicted molar refractivity (Wildman–Crippen MR) is 77.7 cm³/mol. The van der Waals surface area contributed by atoms with Crippen LogP contribution in [0.1, 0.15) is 33.4 Å². The fourth-order valence-corrected chi connectivity index (χ4v) is 2.02. The molecule has 108 valence electrons. The Morgan fingerprint density at radius 2 is 2.15 bits per heavy atom. The van der Waals surface area contributed by atoms with Crippen molar-refractivity contribution >= 4 is 22.8 Å². The molecule has 0 saturated heterocycles. The lowest BCUT2D eigenvalue weighted by Crippen LogP contribution is -2.27. The van der Waals surface area contributed by atoms with Gasteiger partial charge in [-0.15, -0.1) is 0 Å². The number of nitrogens with one attached hydrogen (secondary N) is 1. The molecule has 0 radical (unpaired) electrons. The highest BCUT2D eigenvalue weighted by molar-refractivity contribution is 5.98. The number of hydrogen-bond donors (Lipinski definition) is 1. The van der Waals surface area contributed by atoms with Gasteiger partial charge in [0.25, 0.3) is 0 Å². The Bertz CT molecular complexity index is 640. The van der Waals surface area contributed by atoms with Crippen LogP contribution < -0.4 is 5.32 Å². The molecule has 0 unspecified atom stereocenters. The van der Waals surface area contributed by atoms with Crippen LogP contribution in [-0.4, -0.2) is 26.5 Å². The van der Waals surface area contributed by atoms with Crippen molar-refractivity contribution in [2.24, 2.45) is 7.05 Å². The predicted octanol–water partition coefficient (Wildman–Crippen LogP) is 2.88. The van der Waals surface area contributed by atoms with E-state index in [4.69, 9.17) is 4.74 Å². The van der Waals surface area contributed by atoms with Gasteiger partial charge in [-0.05, 0) is 33.3 Å². The van der Waals surface area contributed by atoms with Crippen molar-refractivity contribution in [3.8, 4) is 0 Å². The van der Waals surface area contributed by atoms with Crippen LogP contribution in [0, 0.1) is 0 Å². The SMILES string of the molecule is CCc1nn(C)c2nccc(NC(=O)OC(C)(C)C)c12. The molecule has 2 heterocycles. The first-order valence-electron chi connectivity index (χ1n) is 6.62. The smallest absolute Gasteiger partial charge is 0.412 e. The Morgan fingerprint density at radius 3 is 2.75 bits per heavy atom. The normalized spacial score (nSPS) is 11.7. The van der Waals surface area contributed by atoms with Crippen molar-refractivity contribution in [3.63, 3.8) is 0 Å². The lowest BCUT2D eigenvalue weighted by Gasteiger charge is -2.19. The van der Waals surface area contributed by atoms with E-state index in [0.717, 1.165) is 23.1 Å². The molecular weight excluding hydrogens is 256 g/mol. The summed E-state index contributed by atoms with van der Waals surface area (Å²) >= 11 is 0. The van der Waals surface area contributed by atoms with E-state index in [9.17, 15) is 4.79 Å². The number of hydrogen-bond acceptors (Lipinski definition) is 4. The zero-order valence-corrected chi connectivity index (χ0v) is 12.5. The number of aryl methyl sites for hydroxylation is 2. The molecule has 2 aromatic heterocycles. The maximum atomic E-state index is 11.9. The van der Waals surface area contributed by atoms with Gasteiger partial charge in [0, 0.05) is 13.2 Å². The monoisotopic (exact) mass is 276 g/mol. The van der Waals surface area contributed by atoms with E-state index in [1.165, 1.54) is 0 Å². The summed E-state index contributed by atoms with van der Waals surface area (Å²) in [6, 6.07) is 1.76. The first-order chi connectivity index (χ1) is 9.31. The number of pyridine rings is 1. The summed E-state index contributed by atoms with van der Waals surface area (Å²) in [6.45, 7) is 7.51. The molecule has 0 spiro atoms. The summed E-state index contributed by atoms with van der Waals surface area (Å²) < 4.78 is 6.99. The first-order valence-corrected chi connectivity index (χ1v) is 6.62. The van der Waals surface area contributed by atoms with Gasteiger partial charge in [-0.3, -0.25) is 10.00 Å². The van der Waals surface area contributed by atoms with Gasteiger partial charge in [0.1, 0.15) is 5.60 Å². The Balaban J connectivity index is 2.37. The number of fused-ring (bicyclic) bond motifs is 1. The van der Waals surface area contributed by atoms with E-state index < -0.39 is 11.7 Å². The lowest BCUT2D eigenvalue weighted by atomic mass is 10.2. The van der Waals surface area contributed by atoms with Crippen molar-refractivity contribution in [1.82, 2.24) is 14.8 Å². The van der Waals surface area contributed by atoms with Crippen molar-refractivity contribution in [2.45, 2.75) is 39.7 Å². The number of aromatic nitrogens is 3. The van der Waals surface area contributed by atoms with Crippen LogP contribution in [0.3, 0.4) is 0 Å². The van der Waals surface area contributed by atoms with E-state index in [0.29, 0.717) is 5.69 Å². The molecule has 1 amide bonds. The zero-order chi connectivity index (χ0) is 14.9. The fourth-order valence-electron chi connectivity index (χ4n) is 2.02. The van der Waals surface area contributed by atoms with E-state index in [-0.39, 0.29) is 0 Å². The molecule has 0 aliphatic heterocycles. The van der Waals surface area contributed by atoms with Gasteiger partial charge in [-0.2, -0.15) is 5.10 Å². The van der Waals surface area contributed by atoms with Crippen LogP contribution in [0.2, 0.25) is 0 Å². The van der Waals surface area contributed by atoms with E-state index in [1.807, 2.05) is 34.7 Å². The van der Waals surface area contributed by atoms with E-state index in [2.05, 4.69) is 15.4 Å². The van der Waals surface area contributed by atoms with Gasteiger partial charge in [0.2, 0.25) is 0 Å².